The molecule has 4 aromatic rings. The van der Waals surface area contributed by atoms with Gasteiger partial charge in [0.25, 0.3) is 0 Å². The minimum absolute atomic E-state index is 0.261. The number of carbonyl (C=O) groups excluding carboxylic acids is 2. The molecule has 208 valence electrons. The number of rotatable bonds is 7. The average Bonchev–Trinajstić information content (AvgIpc) is 3.35. The summed E-state index contributed by atoms with van der Waals surface area (Å²) in [7, 11) is 1.55. The number of carboxylic acid groups (broad SMARTS) is 1. The van der Waals surface area contributed by atoms with Crippen LogP contribution in [-0.4, -0.2) is 40.9 Å². The standard InChI is InChI=1S/C33H29ClN2O5/c1-20-8-16-25(17-9-20)35-33(40)36-29(22-12-18-26(41-2)19-13-22)28(31(37)23-6-4-3-5-7-23)27(30(36)32(38)39)21-10-14-24(34)15-11-21/h3-19,27-30H,1-2H3,(H,35,40)(H,38,39). The number of anilines is 1. The van der Waals surface area contributed by atoms with Crippen molar-refractivity contribution in [2.24, 2.45) is 5.92 Å². The Labute approximate surface area is 243 Å². The summed E-state index contributed by atoms with van der Waals surface area (Å²) < 4.78 is 5.33. The van der Waals surface area contributed by atoms with E-state index in [1.54, 1.807) is 92.0 Å². The number of Topliss-reactive ketones (excluding diaryl/α,β-unsaturated/α-hetero) is 1. The Morgan fingerprint density at radius 1 is 0.829 bits per heavy atom. The number of aliphatic carboxylic acids is 1. The highest BCUT2D eigenvalue weighted by Crippen LogP contribution is 2.51. The summed E-state index contributed by atoms with van der Waals surface area (Å²) in [5, 5.41) is 14.0. The number of amides is 2. The Bertz CT molecular complexity index is 1540. The number of nitrogens with zero attached hydrogens (tertiary/aromatic N) is 1. The van der Waals surface area contributed by atoms with Crippen LogP contribution in [0, 0.1) is 12.8 Å². The van der Waals surface area contributed by atoms with Crippen LogP contribution in [0.25, 0.3) is 0 Å². The average molecular weight is 569 g/mol. The topological polar surface area (TPSA) is 95.9 Å². The van der Waals surface area contributed by atoms with Gasteiger partial charge in [0.15, 0.2) is 5.78 Å². The summed E-state index contributed by atoms with van der Waals surface area (Å²) in [6, 6.07) is 26.9. The number of methoxy groups -OCH3 is 1. The number of benzene rings is 4. The maximum atomic E-state index is 14.3. The lowest BCUT2D eigenvalue weighted by atomic mass is 9.76. The Morgan fingerprint density at radius 2 is 1.44 bits per heavy atom. The molecule has 4 unspecified atom stereocenters. The molecule has 0 spiro atoms. The minimum Gasteiger partial charge on any atom is -0.497 e. The third kappa shape index (κ3) is 5.67. The molecule has 7 nitrogen and oxygen atoms in total. The normalized spacial score (nSPS) is 19.9. The molecule has 1 saturated heterocycles. The van der Waals surface area contributed by atoms with E-state index < -0.39 is 35.9 Å². The van der Waals surface area contributed by atoms with E-state index in [0.29, 0.717) is 33.1 Å². The molecule has 1 heterocycles. The maximum absolute atomic E-state index is 14.3. The first-order valence-electron chi connectivity index (χ1n) is 13.2. The maximum Gasteiger partial charge on any atom is 0.327 e. The molecule has 0 aliphatic carbocycles. The molecule has 0 saturated carbocycles. The van der Waals surface area contributed by atoms with Gasteiger partial charge < -0.3 is 20.1 Å². The van der Waals surface area contributed by atoms with E-state index in [1.165, 1.54) is 4.90 Å². The Morgan fingerprint density at radius 3 is 2.02 bits per heavy atom. The molecule has 8 heteroatoms. The van der Waals surface area contributed by atoms with E-state index in [9.17, 15) is 19.5 Å². The zero-order chi connectivity index (χ0) is 29.1. The van der Waals surface area contributed by atoms with Crippen LogP contribution in [0.2, 0.25) is 5.02 Å². The van der Waals surface area contributed by atoms with E-state index in [0.717, 1.165) is 5.56 Å². The van der Waals surface area contributed by atoms with Crippen LogP contribution < -0.4 is 10.1 Å². The predicted octanol–water partition coefficient (Wildman–Crippen LogP) is 6.98. The number of ketones is 1. The summed E-state index contributed by atoms with van der Waals surface area (Å²) in [6.45, 7) is 1.93. The van der Waals surface area contributed by atoms with Crippen molar-refractivity contribution in [3.05, 3.63) is 130 Å². The highest BCUT2D eigenvalue weighted by atomic mass is 35.5. The molecule has 1 fully saturated rings. The number of hydrogen-bond acceptors (Lipinski definition) is 4. The van der Waals surface area contributed by atoms with Gasteiger partial charge in [-0.2, -0.15) is 0 Å². The van der Waals surface area contributed by atoms with Crippen molar-refractivity contribution in [1.82, 2.24) is 4.90 Å². The predicted molar refractivity (Wildman–Crippen MR) is 158 cm³/mol. The van der Waals surface area contributed by atoms with E-state index in [2.05, 4.69) is 5.32 Å². The molecule has 1 aliphatic rings. The number of carbonyl (C=O) groups is 3. The second kappa shape index (κ2) is 11.9. The lowest BCUT2D eigenvalue weighted by Gasteiger charge is -2.30. The number of aryl methyl sites for hydroxylation is 1. The second-order valence-electron chi connectivity index (χ2n) is 10.0. The van der Waals surface area contributed by atoms with Gasteiger partial charge in [-0.1, -0.05) is 83.9 Å². The first-order chi connectivity index (χ1) is 19.8. The number of nitrogens with one attached hydrogen (secondary N) is 1. The number of carboxylic acids is 1. The highest BCUT2D eigenvalue weighted by Gasteiger charge is 2.57. The fourth-order valence-electron chi connectivity index (χ4n) is 5.61. The van der Waals surface area contributed by atoms with Crippen LogP contribution in [0.3, 0.4) is 0 Å². The van der Waals surface area contributed by atoms with Crippen molar-refractivity contribution in [3.63, 3.8) is 0 Å². The van der Waals surface area contributed by atoms with E-state index in [4.69, 9.17) is 16.3 Å². The number of ether oxygens (including phenoxy) is 1. The number of hydrogen-bond donors (Lipinski definition) is 2. The van der Waals surface area contributed by atoms with Crippen LogP contribution in [0.5, 0.6) is 5.75 Å². The van der Waals surface area contributed by atoms with Gasteiger partial charge in [0.05, 0.1) is 19.1 Å². The Hall–Kier alpha value is -4.62. The Kier molecular flexibility index (Phi) is 8.08. The van der Waals surface area contributed by atoms with Crippen molar-refractivity contribution < 1.29 is 24.2 Å². The molecule has 2 amide bonds. The molecule has 41 heavy (non-hydrogen) atoms. The van der Waals surface area contributed by atoms with E-state index in [1.807, 2.05) is 25.1 Å². The fourth-order valence-corrected chi connectivity index (χ4v) is 5.73. The van der Waals surface area contributed by atoms with Gasteiger partial charge in [0, 0.05) is 22.2 Å². The van der Waals surface area contributed by atoms with Crippen LogP contribution >= 0.6 is 11.6 Å². The highest BCUT2D eigenvalue weighted by molar-refractivity contribution is 6.30. The first kappa shape index (κ1) is 27.9. The largest absolute Gasteiger partial charge is 0.497 e. The summed E-state index contributed by atoms with van der Waals surface area (Å²) in [6.07, 6.45) is 0. The molecule has 4 atom stereocenters. The van der Waals surface area contributed by atoms with Gasteiger partial charge in [-0.25, -0.2) is 9.59 Å². The zero-order valence-electron chi connectivity index (χ0n) is 22.5. The number of halogens is 1. The van der Waals surface area contributed by atoms with Crippen molar-refractivity contribution in [3.8, 4) is 5.75 Å². The first-order valence-corrected chi connectivity index (χ1v) is 13.5. The molecule has 0 bridgehead atoms. The van der Waals surface area contributed by atoms with E-state index >= 15 is 0 Å². The summed E-state index contributed by atoms with van der Waals surface area (Å²) in [4.78, 5) is 42.8. The smallest absolute Gasteiger partial charge is 0.327 e. The van der Waals surface area contributed by atoms with Gasteiger partial charge in [0.2, 0.25) is 0 Å². The quantitative estimate of drug-likeness (QED) is 0.234. The van der Waals surface area contributed by atoms with Gasteiger partial charge in [-0.3, -0.25) is 4.79 Å². The molecule has 0 radical (unpaired) electrons. The lowest BCUT2D eigenvalue weighted by Crippen LogP contribution is -2.45. The van der Waals surface area contributed by atoms with Crippen LogP contribution in [0.15, 0.2) is 103 Å². The van der Waals surface area contributed by atoms with Crippen molar-refractivity contribution in [1.29, 1.82) is 0 Å². The fraction of sp³-hybridized carbons (Fsp3) is 0.182. The zero-order valence-corrected chi connectivity index (χ0v) is 23.3. The van der Waals surface area contributed by atoms with Crippen LogP contribution in [0.1, 0.15) is 39.0 Å². The Balaban J connectivity index is 1.71. The molecule has 5 rings (SSSR count). The van der Waals surface area contributed by atoms with Gasteiger partial charge in [0.1, 0.15) is 11.8 Å². The lowest BCUT2D eigenvalue weighted by molar-refractivity contribution is -0.142. The summed E-state index contributed by atoms with van der Waals surface area (Å²) >= 11 is 6.18. The second-order valence-corrected chi connectivity index (χ2v) is 10.5. The van der Waals surface area contributed by atoms with Crippen molar-refractivity contribution in [2.45, 2.75) is 24.9 Å². The van der Waals surface area contributed by atoms with Crippen molar-refractivity contribution >= 4 is 35.1 Å². The molecule has 1 aliphatic heterocycles. The van der Waals surface area contributed by atoms with Crippen LogP contribution in [-0.2, 0) is 4.79 Å². The summed E-state index contributed by atoms with van der Waals surface area (Å²) in [5.41, 5.74) is 3.17. The monoisotopic (exact) mass is 568 g/mol. The van der Waals surface area contributed by atoms with E-state index in [-0.39, 0.29) is 5.78 Å². The summed E-state index contributed by atoms with van der Waals surface area (Å²) in [5.74, 6) is -2.67. The molecule has 2 N–H and O–H groups in total. The third-order valence-corrected chi connectivity index (χ3v) is 7.78. The third-order valence-electron chi connectivity index (χ3n) is 7.53. The molecular weight excluding hydrogens is 540 g/mol. The molecular formula is C33H29ClN2O5. The van der Waals surface area contributed by atoms with Gasteiger partial charge >= 0.3 is 12.0 Å². The van der Waals surface area contributed by atoms with Crippen molar-refractivity contribution in [2.75, 3.05) is 12.4 Å². The van der Waals surface area contributed by atoms with Gasteiger partial charge in [-0.05, 0) is 54.4 Å². The van der Waals surface area contributed by atoms with Crippen LogP contribution in [0.4, 0.5) is 10.5 Å². The molecule has 0 aromatic heterocycles. The number of urea groups is 1. The SMILES string of the molecule is COc1ccc(C2C(C(=O)c3ccccc3)C(c3ccc(Cl)cc3)C(C(=O)O)N2C(=O)Nc2ccc(C)cc2)cc1. The number of likely N-dealkylation sites (tertiary alicyclic amines) is 1. The minimum atomic E-state index is -1.36. The van der Waals surface area contributed by atoms with Gasteiger partial charge in [-0.15, -0.1) is 0 Å². The molecule has 4 aromatic carbocycles.